The number of hydrogen-bond acceptors (Lipinski definition) is 3. The van der Waals surface area contributed by atoms with E-state index in [-0.39, 0.29) is 11.9 Å². The number of halogens is 1. The van der Waals surface area contributed by atoms with E-state index in [0.717, 1.165) is 12.8 Å². The molecule has 20 heavy (non-hydrogen) atoms. The molecule has 1 aliphatic carbocycles. The fourth-order valence-corrected chi connectivity index (χ4v) is 2.25. The highest BCUT2D eigenvalue weighted by Crippen LogP contribution is 2.26. The predicted octanol–water partition coefficient (Wildman–Crippen LogP) is 2.58. The molecular weight excluding hydrogens is 261 g/mol. The lowest BCUT2D eigenvalue weighted by Gasteiger charge is -2.29. The third-order valence-corrected chi connectivity index (χ3v) is 3.42. The highest BCUT2D eigenvalue weighted by molar-refractivity contribution is 5.78. The topological polar surface area (TPSA) is 58.6 Å². The van der Waals surface area contributed by atoms with Crippen LogP contribution in [0.4, 0.5) is 4.39 Å². The first-order valence-electron chi connectivity index (χ1n) is 6.82. The highest BCUT2D eigenvalue weighted by Gasteiger charge is 2.39. The maximum Gasteiger partial charge on any atom is 0.323 e. The van der Waals surface area contributed by atoms with Crippen LogP contribution >= 0.6 is 0 Å². The summed E-state index contributed by atoms with van der Waals surface area (Å²) in [5, 5.41) is 12.5. The fourth-order valence-electron chi connectivity index (χ4n) is 2.25. The molecule has 1 aliphatic rings. The Morgan fingerprint density at radius 1 is 1.50 bits per heavy atom. The van der Waals surface area contributed by atoms with Gasteiger partial charge in [-0.15, -0.1) is 0 Å². The van der Waals surface area contributed by atoms with Crippen molar-refractivity contribution in [2.75, 3.05) is 0 Å². The summed E-state index contributed by atoms with van der Waals surface area (Å²) in [5.74, 6) is -0.659. The van der Waals surface area contributed by atoms with Crippen LogP contribution in [0.5, 0.6) is 5.75 Å². The second kappa shape index (κ2) is 5.79. The molecule has 0 heterocycles. The van der Waals surface area contributed by atoms with Gasteiger partial charge in [0.2, 0.25) is 0 Å². The first kappa shape index (κ1) is 14.8. The van der Waals surface area contributed by atoms with E-state index >= 15 is 0 Å². The minimum Gasteiger partial charge on any atom is -0.491 e. The van der Waals surface area contributed by atoms with Crippen LogP contribution in [-0.2, 0) is 4.79 Å². The van der Waals surface area contributed by atoms with Crippen molar-refractivity contribution < 1.29 is 19.0 Å². The summed E-state index contributed by atoms with van der Waals surface area (Å²) in [6, 6.07) is 6.02. The number of nitrogens with one attached hydrogen (secondary N) is 1. The molecule has 0 aromatic heterocycles. The smallest absolute Gasteiger partial charge is 0.323 e. The molecule has 0 spiro atoms. The standard InChI is InChI=1S/C15H20FNO3/c1-10(20-13-7-3-11(16)4-8-13)9-15(2,14(18)19)17-12-5-6-12/h3-4,7-8,10,12,17H,5-6,9H2,1-2H3,(H,18,19). The van der Waals surface area contributed by atoms with E-state index in [1.54, 1.807) is 6.92 Å². The zero-order valence-corrected chi connectivity index (χ0v) is 11.7. The normalized spacial score (nSPS) is 19.1. The molecule has 2 rings (SSSR count). The maximum atomic E-state index is 12.8. The van der Waals surface area contributed by atoms with E-state index in [4.69, 9.17) is 4.74 Å². The van der Waals surface area contributed by atoms with Crippen molar-refractivity contribution >= 4 is 5.97 Å². The Balaban J connectivity index is 1.95. The number of hydrogen-bond donors (Lipinski definition) is 2. The van der Waals surface area contributed by atoms with Gasteiger partial charge in [0.05, 0.1) is 6.10 Å². The molecule has 2 N–H and O–H groups in total. The minimum absolute atomic E-state index is 0.284. The number of ether oxygens (including phenoxy) is 1. The van der Waals surface area contributed by atoms with Crippen LogP contribution in [0, 0.1) is 5.82 Å². The molecule has 2 unspecified atom stereocenters. The molecule has 0 aliphatic heterocycles. The Morgan fingerprint density at radius 2 is 2.10 bits per heavy atom. The van der Waals surface area contributed by atoms with Gasteiger partial charge in [0.15, 0.2) is 0 Å². The van der Waals surface area contributed by atoms with E-state index in [0.29, 0.717) is 18.2 Å². The van der Waals surface area contributed by atoms with Crippen LogP contribution in [0.25, 0.3) is 0 Å². The van der Waals surface area contributed by atoms with E-state index in [1.165, 1.54) is 24.3 Å². The SMILES string of the molecule is CC(CC(C)(NC1CC1)C(=O)O)Oc1ccc(F)cc1. The monoisotopic (exact) mass is 281 g/mol. The molecule has 0 bridgehead atoms. The van der Waals surface area contributed by atoms with Crippen LogP contribution in [0.1, 0.15) is 33.1 Å². The van der Waals surface area contributed by atoms with Gasteiger partial charge in [-0.1, -0.05) is 0 Å². The third-order valence-electron chi connectivity index (χ3n) is 3.42. The molecule has 4 nitrogen and oxygen atoms in total. The minimum atomic E-state index is -0.999. The van der Waals surface area contributed by atoms with E-state index < -0.39 is 11.5 Å². The third kappa shape index (κ3) is 3.93. The predicted molar refractivity (Wildman–Crippen MR) is 73.3 cm³/mol. The largest absolute Gasteiger partial charge is 0.491 e. The van der Waals surface area contributed by atoms with Gasteiger partial charge in [0.1, 0.15) is 17.1 Å². The zero-order valence-electron chi connectivity index (χ0n) is 11.7. The number of carboxylic acids is 1. The Morgan fingerprint density at radius 3 is 2.60 bits per heavy atom. The highest BCUT2D eigenvalue weighted by atomic mass is 19.1. The summed E-state index contributed by atoms with van der Waals surface area (Å²) in [6.07, 6.45) is 2.11. The van der Waals surface area contributed by atoms with E-state index in [2.05, 4.69) is 5.32 Å². The lowest BCUT2D eigenvalue weighted by atomic mass is 9.94. The van der Waals surface area contributed by atoms with E-state index in [1.807, 2.05) is 6.92 Å². The van der Waals surface area contributed by atoms with Crippen molar-refractivity contribution in [2.24, 2.45) is 0 Å². The van der Waals surface area contributed by atoms with Crippen molar-refractivity contribution in [3.05, 3.63) is 30.1 Å². The van der Waals surface area contributed by atoms with Crippen molar-refractivity contribution in [1.29, 1.82) is 0 Å². The van der Waals surface area contributed by atoms with E-state index in [9.17, 15) is 14.3 Å². The second-order valence-electron chi connectivity index (χ2n) is 5.64. The number of aliphatic carboxylic acids is 1. The number of benzene rings is 1. The first-order valence-corrected chi connectivity index (χ1v) is 6.82. The average molecular weight is 281 g/mol. The molecule has 1 aromatic carbocycles. The Bertz CT molecular complexity index is 473. The molecule has 2 atom stereocenters. The summed E-state index contributed by atoms with van der Waals surface area (Å²) < 4.78 is 18.5. The van der Waals surface area contributed by atoms with Gasteiger partial charge in [-0.05, 0) is 51.0 Å². The van der Waals surface area contributed by atoms with Gasteiger partial charge in [-0.25, -0.2) is 4.39 Å². The second-order valence-corrected chi connectivity index (χ2v) is 5.64. The fraction of sp³-hybridized carbons (Fsp3) is 0.533. The quantitative estimate of drug-likeness (QED) is 0.806. The average Bonchev–Trinajstić information content (AvgIpc) is 3.15. The van der Waals surface area contributed by atoms with Crippen LogP contribution in [-0.4, -0.2) is 28.8 Å². The van der Waals surface area contributed by atoms with Crippen LogP contribution in [0.2, 0.25) is 0 Å². The number of rotatable bonds is 7. The molecule has 1 saturated carbocycles. The maximum absolute atomic E-state index is 12.8. The Labute approximate surface area is 117 Å². The van der Waals surface area contributed by atoms with Gasteiger partial charge in [0.25, 0.3) is 0 Å². The molecule has 0 saturated heterocycles. The van der Waals surface area contributed by atoms with Crippen molar-refractivity contribution in [3.63, 3.8) is 0 Å². The summed E-state index contributed by atoms with van der Waals surface area (Å²) in [5.41, 5.74) is -0.999. The number of carbonyl (C=O) groups is 1. The summed E-state index contributed by atoms with van der Waals surface area (Å²) in [6.45, 7) is 3.50. The van der Waals surface area contributed by atoms with Gasteiger partial charge >= 0.3 is 5.97 Å². The molecule has 0 amide bonds. The summed E-state index contributed by atoms with van der Waals surface area (Å²) in [4.78, 5) is 11.4. The lowest BCUT2D eigenvalue weighted by molar-refractivity contribution is -0.145. The molecule has 0 radical (unpaired) electrons. The Kier molecular flexibility index (Phi) is 4.28. The molecule has 1 aromatic rings. The summed E-state index contributed by atoms with van der Waals surface area (Å²) in [7, 11) is 0. The molecule has 110 valence electrons. The first-order chi connectivity index (χ1) is 9.39. The van der Waals surface area contributed by atoms with Gasteiger partial charge in [-0.2, -0.15) is 0 Å². The van der Waals surface area contributed by atoms with Crippen molar-refractivity contribution in [3.8, 4) is 5.75 Å². The molecule has 5 heteroatoms. The van der Waals surface area contributed by atoms with Crippen LogP contribution < -0.4 is 10.1 Å². The Hall–Kier alpha value is -1.62. The molecular formula is C15H20FNO3. The lowest BCUT2D eigenvalue weighted by Crippen LogP contribution is -2.52. The van der Waals surface area contributed by atoms with Crippen LogP contribution in [0.3, 0.4) is 0 Å². The zero-order chi connectivity index (χ0) is 14.8. The van der Waals surface area contributed by atoms with Gasteiger partial charge in [0, 0.05) is 12.5 Å². The van der Waals surface area contributed by atoms with Crippen molar-refractivity contribution in [1.82, 2.24) is 5.32 Å². The van der Waals surface area contributed by atoms with Crippen LogP contribution in [0.15, 0.2) is 24.3 Å². The summed E-state index contributed by atoms with van der Waals surface area (Å²) >= 11 is 0. The number of carboxylic acid groups (broad SMARTS) is 1. The molecule has 1 fully saturated rings. The van der Waals surface area contributed by atoms with Crippen molar-refractivity contribution in [2.45, 2.75) is 50.8 Å². The van der Waals surface area contributed by atoms with Gasteiger partial charge < -0.3 is 9.84 Å². The van der Waals surface area contributed by atoms with Gasteiger partial charge in [-0.3, -0.25) is 10.1 Å².